The van der Waals surface area contributed by atoms with Crippen molar-refractivity contribution in [3.63, 3.8) is 0 Å². The number of ether oxygens (including phenoxy) is 1. The summed E-state index contributed by atoms with van der Waals surface area (Å²) in [5.41, 5.74) is 7.74. The van der Waals surface area contributed by atoms with Crippen LogP contribution < -0.4 is 10.5 Å². The normalized spacial score (nSPS) is 15.8. The van der Waals surface area contributed by atoms with Gasteiger partial charge in [0.2, 0.25) is 5.95 Å². The predicted octanol–water partition coefficient (Wildman–Crippen LogP) is 2.49. The molecule has 1 aromatic heterocycles. The average Bonchev–Trinajstić information content (AvgIpc) is 2.25. The summed E-state index contributed by atoms with van der Waals surface area (Å²) >= 11 is 0. The zero-order valence-electron chi connectivity index (χ0n) is 9.81. The zero-order valence-corrected chi connectivity index (χ0v) is 9.81. The molecule has 0 amide bonds. The van der Waals surface area contributed by atoms with Crippen molar-refractivity contribution in [3.8, 4) is 5.75 Å². The summed E-state index contributed by atoms with van der Waals surface area (Å²) in [5.74, 6) is 1.71. The Hall–Kier alpha value is -1.84. The first kappa shape index (κ1) is 10.3. The number of benzene rings is 1. The number of methoxy groups -OCH3 is 1. The molecule has 1 heterocycles. The van der Waals surface area contributed by atoms with E-state index in [1.54, 1.807) is 7.11 Å². The van der Waals surface area contributed by atoms with E-state index in [1.165, 1.54) is 19.3 Å². The Balaban J connectivity index is 2.20. The number of aromatic nitrogens is 2. The molecule has 0 unspecified atom stereocenters. The summed E-state index contributed by atoms with van der Waals surface area (Å²) in [6.45, 7) is 0. The van der Waals surface area contributed by atoms with Crippen LogP contribution in [0.5, 0.6) is 5.75 Å². The Morgan fingerprint density at radius 3 is 2.76 bits per heavy atom. The fourth-order valence-corrected chi connectivity index (χ4v) is 2.27. The smallest absolute Gasteiger partial charge is 0.220 e. The highest BCUT2D eigenvalue weighted by atomic mass is 16.5. The van der Waals surface area contributed by atoms with Crippen molar-refractivity contribution in [2.24, 2.45) is 0 Å². The maximum absolute atomic E-state index is 5.77. The SMILES string of the molecule is COc1ccc2c(C3CCC3)nc(N)nc2c1. The molecule has 1 aromatic carbocycles. The molecule has 2 N–H and O–H groups in total. The van der Waals surface area contributed by atoms with Crippen molar-refractivity contribution in [1.29, 1.82) is 0 Å². The van der Waals surface area contributed by atoms with Crippen molar-refractivity contribution in [1.82, 2.24) is 9.97 Å². The van der Waals surface area contributed by atoms with Crippen LogP contribution in [0.1, 0.15) is 30.9 Å². The Kier molecular flexibility index (Phi) is 2.35. The lowest BCUT2D eigenvalue weighted by Crippen LogP contribution is -2.13. The standard InChI is InChI=1S/C13H15N3O/c1-17-9-5-6-10-11(7-9)15-13(14)16-12(10)8-3-2-4-8/h5-8H,2-4H2,1H3,(H2,14,15,16). The highest BCUT2D eigenvalue weighted by Gasteiger charge is 2.23. The fourth-order valence-electron chi connectivity index (χ4n) is 2.27. The van der Waals surface area contributed by atoms with E-state index in [9.17, 15) is 0 Å². The molecule has 0 spiro atoms. The van der Waals surface area contributed by atoms with Crippen LogP contribution in [0.15, 0.2) is 18.2 Å². The van der Waals surface area contributed by atoms with Crippen LogP contribution >= 0.6 is 0 Å². The summed E-state index contributed by atoms with van der Waals surface area (Å²) in [5, 5.41) is 1.10. The monoisotopic (exact) mass is 229 g/mol. The van der Waals surface area contributed by atoms with E-state index >= 15 is 0 Å². The number of hydrogen-bond acceptors (Lipinski definition) is 4. The molecule has 0 radical (unpaired) electrons. The van der Waals surface area contributed by atoms with Gasteiger partial charge >= 0.3 is 0 Å². The second-order valence-electron chi connectivity index (χ2n) is 4.48. The van der Waals surface area contributed by atoms with Gasteiger partial charge in [-0.25, -0.2) is 9.97 Å². The van der Waals surface area contributed by atoms with Crippen LogP contribution in [0.2, 0.25) is 0 Å². The molecule has 0 atom stereocenters. The molecule has 1 aliphatic carbocycles. The van der Waals surface area contributed by atoms with Gasteiger partial charge < -0.3 is 10.5 Å². The first-order valence-corrected chi connectivity index (χ1v) is 5.89. The third-order valence-electron chi connectivity index (χ3n) is 3.44. The highest BCUT2D eigenvalue weighted by Crippen LogP contribution is 2.38. The molecule has 3 rings (SSSR count). The van der Waals surface area contributed by atoms with Gasteiger partial charge in [-0.3, -0.25) is 0 Å². The fraction of sp³-hybridized carbons (Fsp3) is 0.385. The topological polar surface area (TPSA) is 61.0 Å². The van der Waals surface area contributed by atoms with E-state index in [1.807, 2.05) is 18.2 Å². The third kappa shape index (κ3) is 1.69. The molecule has 0 bridgehead atoms. The molecule has 4 heteroatoms. The van der Waals surface area contributed by atoms with Crippen molar-refractivity contribution in [2.45, 2.75) is 25.2 Å². The largest absolute Gasteiger partial charge is 0.497 e. The summed E-state index contributed by atoms with van der Waals surface area (Å²) in [4.78, 5) is 8.68. The highest BCUT2D eigenvalue weighted by molar-refractivity contribution is 5.83. The number of hydrogen-bond donors (Lipinski definition) is 1. The summed E-state index contributed by atoms with van der Waals surface area (Å²) in [6.07, 6.45) is 3.70. The van der Waals surface area contributed by atoms with Gasteiger partial charge in [0.05, 0.1) is 18.3 Å². The molecule has 2 aromatic rings. The van der Waals surface area contributed by atoms with Gasteiger partial charge in [0, 0.05) is 17.4 Å². The molecule has 4 nitrogen and oxygen atoms in total. The van der Waals surface area contributed by atoms with E-state index in [0.29, 0.717) is 11.9 Å². The van der Waals surface area contributed by atoms with E-state index in [4.69, 9.17) is 10.5 Å². The van der Waals surface area contributed by atoms with Gasteiger partial charge in [0.1, 0.15) is 5.75 Å². The summed E-state index contributed by atoms with van der Waals surface area (Å²) in [7, 11) is 1.65. The minimum atomic E-state index is 0.354. The Labute approximate surface area is 99.8 Å². The number of rotatable bonds is 2. The minimum Gasteiger partial charge on any atom is -0.497 e. The van der Waals surface area contributed by atoms with E-state index < -0.39 is 0 Å². The Bertz CT molecular complexity index is 564. The lowest BCUT2D eigenvalue weighted by molar-refractivity contribution is 0.412. The average molecular weight is 229 g/mol. The van der Waals surface area contributed by atoms with Gasteiger partial charge in [-0.15, -0.1) is 0 Å². The van der Waals surface area contributed by atoms with Crippen molar-refractivity contribution in [3.05, 3.63) is 23.9 Å². The zero-order chi connectivity index (χ0) is 11.8. The molecule has 0 saturated heterocycles. The molecule has 0 aliphatic heterocycles. The van der Waals surface area contributed by atoms with Crippen LogP contribution in [-0.2, 0) is 0 Å². The molecular weight excluding hydrogens is 214 g/mol. The van der Waals surface area contributed by atoms with Crippen molar-refractivity contribution >= 4 is 16.9 Å². The van der Waals surface area contributed by atoms with Gasteiger partial charge in [-0.05, 0) is 25.0 Å². The molecular formula is C13H15N3O. The second kappa shape index (κ2) is 3.87. The molecule has 17 heavy (non-hydrogen) atoms. The minimum absolute atomic E-state index is 0.354. The van der Waals surface area contributed by atoms with Crippen LogP contribution in [0, 0.1) is 0 Å². The van der Waals surface area contributed by atoms with Gasteiger partial charge in [-0.1, -0.05) is 6.42 Å². The lowest BCUT2D eigenvalue weighted by atomic mass is 9.81. The van der Waals surface area contributed by atoms with Crippen LogP contribution in [0.3, 0.4) is 0 Å². The van der Waals surface area contributed by atoms with Crippen LogP contribution in [0.25, 0.3) is 10.9 Å². The molecule has 1 aliphatic rings. The number of nitrogens with zero attached hydrogens (tertiary/aromatic N) is 2. The predicted molar refractivity (Wildman–Crippen MR) is 67.1 cm³/mol. The van der Waals surface area contributed by atoms with Crippen molar-refractivity contribution in [2.75, 3.05) is 12.8 Å². The van der Waals surface area contributed by atoms with Crippen LogP contribution in [-0.4, -0.2) is 17.1 Å². The number of fused-ring (bicyclic) bond motifs is 1. The maximum atomic E-state index is 5.77. The van der Waals surface area contributed by atoms with Gasteiger partial charge in [-0.2, -0.15) is 0 Å². The second-order valence-corrected chi connectivity index (χ2v) is 4.48. The third-order valence-corrected chi connectivity index (χ3v) is 3.44. The Morgan fingerprint density at radius 1 is 1.29 bits per heavy atom. The first-order valence-electron chi connectivity index (χ1n) is 5.89. The van der Waals surface area contributed by atoms with Crippen LogP contribution in [0.4, 0.5) is 5.95 Å². The summed E-state index contributed by atoms with van der Waals surface area (Å²) in [6, 6.07) is 5.89. The van der Waals surface area contributed by atoms with Gasteiger partial charge in [0.15, 0.2) is 0 Å². The van der Waals surface area contributed by atoms with E-state index in [-0.39, 0.29) is 0 Å². The number of nitrogen functional groups attached to an aromatic ring is 1. The summed E-state index contributed by atoms with van der Waals surface area (Å²) < 4.78 is 5.20. The van der Waals surface area contributed by atoms with E-state index in [0.717, 1.165) is 22.3 Å². The lowest BCUT2D eigenvalue weighted by Gasteiger charge is -2.25. The Morgan fingerprint density at radius 2 is 2.12 bits per heavy atom. The molecule has 1 fully saturated rings. The maximum Gasteiger partial charge on any atom is 0.220 e. The van der Waals surface area contributed by atoms with Crippen molar-refractivity contribution < 1.29 is 4.74 Å². The van der Waals surface area contributed by atoms with Gasteiger partial charge in [0.25, 0.3) is 0 Å². The quantitative estimate of drug-likeness (QED) is 0.859. The molecule has 88 valence electrons. The number of nitrogens with two attached hydrogens (primary N) is 1. The van der Waals surface area contributed by atoms with E-state index in [2.05, 4.69) is 9.97 Å². The molecule has 1 saturated carbocycles. The first-order chi connectivity index (χ1) is 8.28. The number of anilines is 1.